The fourth-order valence-corrected chi connectivity index (χ4v) is 2.32. The molecule has 2 unspecified atom stereocenters. The molecular formula is C11H19N3OS. The molecule has 0 saturated carbocycles. The monoisotopic (exact) mass is 241 g/mol. The van der Waals surface area contributed by atoms with Crippen LogP contribution >= 0.6 is 0 Å². The topological polar surface area (TPSA) is 54.9 Å². The Hall–Kier alpha value is -0.970. The maximum Gasteiger partial charge on any atom is 0.130 e. The van der Waals surface area contributed by atoms with Crippen molar-refractivity contribution in [2.45, 2.75) is 33.2 Å². The van der Waals surface area contributed by atoms with Crippen molar-refractivity contribution in [3.05, 3.63) is 17.6 Å². The third-order valence-corrected chi connectivity index (χ3v) is 3.10. The van der Waals surface area contributed by atoms with E-state index in [2.05, 4.69) is 22.2 Å². The van der Waals surface area contributed by atoms with E-state index in [4.69, 9.17) is 0 Å². The molecule has 1 rings (SSSR count). The molecular weight excluding hydrogens is 222 g/mol. The lowest BCUT2D eigenvalue weighted by Gasteiger charge is -2.13. The lowest BCUT2D eigenvalue weighted by atomic mass is 10.3. The van der Waals surface area contributed by atoms with Crippen LogP contribution in [0.15, 0.2) is 6.07 Å². The van der Waals surface area contributed by atoms with Crippen LogP contribution in [0.1, 0.15) is 25.4 Å². The number of rotatable bonds is 5. The zero-order valence-corrected chi connectivity index (χ0v) is 11.1. The predicted octanol–water partition coefficient (Wildman–Crippen LogP) is 1.53. The van der Waals surface area contributed by atoms with E-state index in [-0.39, 0.29) is 6.04 Å². The number of anilines is 1. The zero-order chi connectivity index (χ0) is 12.1. The van der Waals surface area contributed by atoms with E-state index in [0.717, 1.165) is 23.8 Å². The SMILES string of the molecule is CCc1cc(NC(C)CS(C)=O)nc(C)n1. The van der Waals surface area contributed by atoms with Crippen molar-refractivity contribution in [2.24, 2.45) is 0 Å². The summed E-state index contributed by atoms with van der Waals surface area (Å²) in [5.41, 5.74) is 1.03. The second-order valence-corrected chi connectivity index (χ2v) is 5.41. The molecule has 0 aliphatic carbocycles. The molecule has 4 nitrogen and oxygen atoms in total. The second-order valence-electron chi connectivity index (χ2n) is 3.93. The molecule has 5 heteroatoms. The first-order chi connectivity index (χ1) is 7.51. The molecule has 0 fully saturated rings. The van der Waals surface area contributed by atoms with Crippen molar-refractivity contribution in [2.75, 3.05) is 17.3 Å². The molecule has 1 aromatic heterocycles. The van der Waals surface area contributed by atoms with Gasteiger partial charge in [-0.3, -0.25) is 4.21 Å². The summed E-state index contributed by atoms with van der Waals surface area (Å²) >= 11 is 0. The second kappa shape index (κ2) is 5.94. The molecule has 0 amide bonds. The van der Waals surface area contributed by atoms with Gasteiger partial charge in [-0.05, 0) is 20.3 Å². The van der Waals surface area contributed by atoms with Crippen LogP contribution in [0.2, 0.25) is 0 Å². The fourth-order valence-electron chi connectivity index (χ4n) is 1.53. The first-order valence-electron chi connectivity index (χ1n) is 5.42. The lowest BCUT2D eigenvalue weighted by molar-refractivity contribution is 0.682. The Morgan fingerprint density at radius 2 is 2.19 bits per heavy atom. The minimum absolute atomic E-state index is 0.157. The van der Waals surface area contributed by atoms with Crippen LogP contribution in [0.4, 0.5) is 5.82 Å². The van der Waals surface area contributed by atoms with Crippen LogP contribution in [0.5, 0.6) is 0 Å². The van der Waals surface area contributed by atoms with E-state index in [0.29, 0.717) is 5.75 Å². The van der Waals surface area contributed by atoms with Crippen LogP contribution in [0, 0.1) is 6.92 Å². The molecule has 1 heterocycles. The van der Waals surface area contributed by atoms with E-state index in [1.54, 1.807) is 6.26 Å². The maximum absolute atomic E-state index is 11.1. The number of hydrogen-bond donors (Lipinski definition) is 1. The number of nitrogens with one attached hydrogen (secondary N) is 1. The summed E-state index contributed by atoms with van der Waals surface area (Å²) < 4.78 is 11.1. The molecule has 0 aliphatic heterocycles. The van der Waals surface area contributed by atoms with Gasteiger partial charge in [0.1, 0.15) is 11.6 Å². The lowest BCUT2D eigenvalue weighted by Crippen LogP contribution is -2.23. The van der Waals surface area contributed by atoms with Crippen molar-refractivity contribution in [1.82, 2.24) is 9.97 Å². The summed E-state index contributed by atoms with van der Waals surface area (Å²) in [4.78, 5) is 8.62. The molecule has 0 aliphatic rings. The third-order valence-electron chi connectivity index (χ3n) is 2.13. The average Bonchev–Trinajstić information content (AvgIpc) is 2.14. The van der Waals surface area contributed by atoms with Crippen molar-refractivity contribution >= 4 is 16.6 Å². The number of hydrogen-bond acceptors (Lipinski definition) is 4. The third kappa shape index (κ3) is 4.26. The molecule has 1 aromatic rings. The predicted molar refractivity (Wildman–Crippen MR) is 68.2 cm³/mol. The van der Waals surface area contributed by atoms with Gasteiger partial charge in [0.15, 0.2) is 0 Å². The Kier molecular flexibility index (Phi) is 4.86. The highest BCUT2D eigenvalue weighted by atomic mass is 32.2. The molecule has 90 valence electrons. The average molecular weight is 241 g/mol. The van der Waals surface area contributed by atoms with Gasteiger partial charge in [-0.25, -0.2) is 9.97 Å². The van der Waals surface area contributed by atoms with Gasteiger partial charge in [-0.15, -0.1) is 0 Å². The number of nitrogens with zero attached hydrogens (tertiary/aromatic N) is 2. The fraction of sp³-hybridized carbons (Fsp3) is 0.636. The van der Waals surface area contributed by atoms with Crippen molar-refractivity contribution in [1.29, 1.82) is 0 Å². The van der Waals surface area contributed by atoms with Gasteiger partial charge in [0.05, 0.1) is 0 Å². The molecule has 0 bridgehead atoms. The van der Waals surface area contributed by atoms with E-state index < -0.39 is 10.8 Å². The van der Waals surface area contributed by atoms with Crippen LogP contribution in [0.3, 0.4) is 0 Å². The Balaban J connectivity index is 2.72. The smallest absolute Gasteiger partial charge is 0.130 e. The molecule has 16 heavy (non-hydrogen) atoms. The summed E-state index contributed by atoms with van der Waals surface area (Å²) in [6.45, 7) is 5.95. The van der Waals surface area contributed by atoms with Crippen LogP contribution in [-0.4, -0.2) is 32.2 Å². The number of aryl methyl sites for hydroxylation is 2. The Morgan fingerprint density at radius 1 is 1.50 bits per heavy atom. The van der Waals surface area contributed by atoms with Crippen molar-refractivity contribution in [3.63, 3.8) is 0 Å². The van der Waals surface area contributed by atoms with Gasteiger partial charge in [0, 0.05) is 40.6 Å². The number of aromatic nitrogens is 2. The first kappa shape index (κ1) is 13.1. The highest BCUT2D eigenvalue weighted by molar-refractivity contribution is 7.84. The minimum Gasteiger partial charge on any atom is -0.367 e. The summed E-state index contributed by atoms with van der Waals surface area (Å²) in [7, 11) is -0.788. The molecule has 1 N–H and O–H groups in total. The summed E-state index contributed by atoms with van der Waals surface area (Å²) in [6.07, 6.45) is 2.60. The Labute approximate surface area is 99.3 Å². The van der Waals surface area contributed by atoms with Gasteiger partial charge in [-0.2, -0.15) is 0 Å². The normalized spacial score (nSPS) is 14.5. The van der Waals surface area contributed by atoms with E-state index in [1.165, 1.54) is 0 Å². The van der Waals surface area contributed by atoms with Crippen LogP contribution < -0.4 is 5.32 Å². The molecule has 0 aromatic carbocycles. The zero-order valence-electron chi connectivity index (χ0n) is 10.3. The first-order valence-corrected chi connectivity index (χ1v) is 7.15. The van der Waals surface area contributed by atoms with Gasteiger partial charge >= 0.3 is 0 Å². The summed E-state index contributed by atoms with van der Waals surface area (Å²) in [5.74, 6) is 2.22. The highest BCUT2D eigenvalue weighted by Gasteiger charge is 2.06. The molecule has 0 radical (unpaired) electrons. The van der Waals surface area contributed by atoms with E-state index in [1.807, 2.05) is 19.9 Å². The highest BCUT2D eigenvalue weighted by Crippen LogP contribution is 2.08. The van der Waals surface area contributed by atoms with E-state index in [9.17, 15) is 4.21 Å². The molecule has 0 saturated heterocycles. The van der Waals surface area contributed by atoms with E-state index >= 15 is 0 Å². The largest absolute Gasteiger partial charge is 0.367 e. The Bertz CT molecular complexity index is 381. The van der Waals surface area contributed by atoms with Crippen LogP contribution in [0.25, 0.3) is 0 Å². The summed E-state index contributed by atoms with van der Waals surface area (Å²) in [5, 5.41) is 3.24. The minimum atomic E-state index is -0.788. The van der Waals surface area contributed by atoms with Gasteiger partial charge in [-0.1, -0.05) is 6.92 Å². The van der Waals surface area contributed by atoms with Crippen molar-refractivity contribution < 1.29 is 4.21 Å². The summed E-state index contributed by atoms with van der Waals surface area (Å²) in [6, 6.07) is 2.10. The molecule has 0 spiro atoms. The van der Waals surface area contributed by atoms with Crippen LogP contribution in [-0.2, 0) is 17.2 Å². The van der Waals surface area contributed by atoms with Gasteiger partial charge in [0.2, 0.25) is 0 Å². The van der Waals surface area contributed by atoms with Crippen molar-refractivity contribution in [3.8, 4) is 0 Å². The van der Waals surface area contributed by atoms with Gasteiger partial charge < -0.3 is 5.32 Å². The quantitative estimate of drug-likeness (QED) is 0.849. The Morgan fingerprint density at radius 3 is 2.75 bits per heavy atom. The molecule has 2 atom stereocenters. The maximum atomic E-state index is 11.1. The standard InChI is InChI=1S/C11H19N3OS/c1-5-10-6-11(14-9(3)13-10)12-8(2)7-16(4)15/h6,8H,5,7H2,1-4H3,(H,12,13,14). The van der Waals surface area contributed by atoms with Gasteiger partial charge in [0.25, 0.3) is 0 Å².